The Morgan fingerprint density at radius 1 is 1.31 bits per heavy atom. The minimum atomic E-state index is 0.378. The molecule has 0 heterocycles. The molecule has 0 aromatic heterocycles. The van der Waals surface area contributed by atoms with Crippen molar-refractivity contribution in [2.75, 3.05) is 0 Å². The zero-order valence-electron chi connectivity index (χ0n) is 7.96. The Morgan fingerprint density at radius 3 is 3.00 bits per heavy atom. The fraction of sp³-hybridized carbons (Fsp3) is 0.750. The van der Waals surface area contributed by atoms with Gasteiger partial charge in [0.05, 0.1) is 0 Å². The van der Waals surface area contributed by atoms with Crippen molar-refractivity contribution in [2.24, 2.45) is 17.3 Å². The number of allylic oxidation sites excluding steroid dienone is 2. The molecular formula is C12H16O. The summed E-state index contributed by atoms with van der Waals surface area (Å²) < 4.78 is 0. The summed E-state index contributed by atoms with van der Waals surface area (Å²) in [7, 11) is 0. The molecule has 0 radical (unpaired) electrons. The summed E-state index contributed by atoms with van der Waals surface area (Å²) in [4.78, 5) is 11.4. The minimum Gasteiger partial charge on any atom is -0.295 e. The normalized spacial score (nSPS) is 47.8. The summed E-state index contributed by atoms with van der Waals surface area (Å²) in [5.41, 5.74) is 0.448. The first-order chi connectivity index (χ1) is 6.31. The van der Waals surface area contributed by atoms with E-state index in [1.807, 2.05) is 6.08 Å². The van der Waals surface area contributed by atoms with Crippen LogP contribution in [0.4, 0.5) is 0 Å². The van der Waals surface area contributed by atoms with Crippen molar-refractivity contribution in [2.45, 2.75) is 38.5 Å². The first kappa shape index (κ1) is 7.78. The van der Waals surface area contributed by atoms with E-state index in [2.05, 4.69) is 6.08 Å². The third-order valence-electron chi connectivity index (χ3n) is 4.60. The monoisotopic (exact) mass is 176 g/mol. The second-order valence-corrected chi connectivity index (χ2v) is 5.01. The number of carbonyl (C=O) groups excluding carboxylic acids is 1. The topological polar surface area (TPSA) is 17.1 Å². The maximum atomic E-state index is 11.4. The quantitative estimate of drug-likeness (QED) is 0.554. The van der Waals surface area contributed by atoms with Gasteiger partial charge in [-0.2, -0.15) is 0 Å². The highest BCUT2D eigenvalue weighted by molar-refractivity contribution is 5.91. The van der Waals surface area contributed by atoms with Crippen LogP contribution in [-0.4, -0.2) is 5.78 Å². The lowest BCUT2D eigenvalue weighted by molar-refractivity contribution is -0.128. The van der Waals surface area contributed by atoms with Crippen molar-refractivity contribution in [1.29, 1.82) is 0 Å². The summed E-state index contributed by atoms with van der Waals surface area (Å²) in [5, 5.41) is 0. The molecule has 70 valence electrons. The van der Waals surface area contributed by atoms with Crippen molar-refractivity contribution in [3.05, 3.63) is 12.2 Å². The largest absolute Gasteiger partial charge is 0.295 e. The van der Waals surface area contributed by atoms with Crippen molar-refractivity contribution in [1.82, 2.24) is 0 Å². The minimum absolute atomic E-state index is 0.378. The van der Waals surface area contributed by atoms with Crippen molar-refractivity contribution < 1.29 is 4.79 Å². The Hall–Kier alpha value is -0.590. The molecule has 3 aliphatic carbocycles. The number of ketones is 1. The maximum absolute atomic E-state index is 11.4. The number of carbonyl (C=O) groups is 1. The molecule has 1 heteroatoms. The molecule has 1 nitrogen and oxygen atoms in total. The molecule has 0 aromatic carbocycles. The van der Waals surface area contributed by atoms with Gasteiger partial charge in [0.2, 0.25) is 0 Å². The van der Waals surface area contributed by atoms with E-state index < -0.39 is 0 Å². The summed E-state index contributed by atoms with van der Waals surface area (Å²) >= 11 is 0. The molecule has 3 aliphatic rings. The highest BCUT2D eigenvalue weighted by atomic mass is 16.1. The van der Waals surface area contributed by atoms with Crippen molar-refractivity contribution in [3.63, 3.8) is 0 Å². The molecule has 0 N–H and O–H groups in total. The zero-order chi connectivity index (χ0) is 8.89. The standard InChI is InChI=1S/C12H16O/c13-11-5-4-9-2-1-3-10-6-7-12(9,10)8-11/h4-5,9-10H,1-3,6-8H2. The van der Waals surface area contributed by atoms with Crippen LogP contribution >= 0.6 is 0 Å². The van der Waals surface area contributed by atoms with Gasteiger partial charge in [0.25, 0.3) is 0 Å². The second-order valence-electron chi connectivity index (χ2n) is 5.01. The van der Waals surface area contributed by atoms with Crippen molar-refractivity contribution in [3.8, 4) is 0 Å². The van der Waals surface area contributed by atoms with Crippen LogP contribution in [0.15, 0.2) is 12.2 Å². The average molecular weight is 176 g/mol. The van der Waals surface area contributed by atoms with E-state index in [0.29, 0.717) is 11.2 Å². The third kappa shape index (κ3) is 0.905. The molecule has 3 unspecified atom stereocenters. The predicted molar refractivity (Wildman–Crippen MR) is 51.3 cm³/mol. The van der Waals surface area contributed by atoms with E-state index >= 15 is 0 Å². The van der Waals surface area contributed by atoms with Gasteiger partial charge < -0.3 is 0 Å². The van der Waals surface area contributed by atoms with Gasteiger partial charge in [-0.15, -0.1) is 0 Å². The fourth-order valence-electron chi connectivity index (χ4n) is 3.77. The van der Waals surface area contributed by atoms with Crippen LogP contribution in [0.3, 0.4) is 0 Å². The Kier molecular flexibility index (Phi) is 1.47. The Labute approximate surface area is 79.2 Å². The highest BCUT2D eigenvalue weighted by Crippen LogP contribution is 2.61. The maximum Gasteiger partial charge on any atom is 0.155 e. The summed E-state index contributed by atoms with van der Waals surface area (Å²) in [6.07, 6.45) is 11.7. The lowest BCUT2D eigenvalue weighted by Gasteiger charge is -2.58. The molecule has 3 atom stereocenters. The van der Waals surface area contributed by atoms with E-state index in [-0.39, 0.29) is 0 Å². The third-order valence-corrected chi connectivity index (χ3v) is 4.60. The second kappa shape index (κ2) is 2.46. The van der Waals surface area contributed by atoms with E-state index in [1.54, 1.807) is 0 Å². The van der Waals surface area contributed by atoms with Crippen LogP contribution in [0, 0.1) is 17.3 Å². The number of hydrogen-bond donors (Lipinski definition) is 0. The van der Waals surface area contributed by atoms with Crippen LogP contribution in [0.1, 0.15) is 38.5 Å². The Bertz CT molecular complexity index is 279. The molecule has 3 rings (SSSR count). The van der Waals surface area contributed by atoms with Gasteiger partial charge in [0, 0.05) is 6.42 Å². The summed E-state index contributed by atoms with van der Waals surface area (Å²) in [6.45, 7) is 0. The van der Waals surface area contributed by atoms with E-state index in [1.165, 1.54) is 32.1 Å². The van der Waals surface area contributed by atoms with Gasteiger partial charge in [-0.1, -0.05) is 12.5 Å². The highest BCUT2D eigenvalue weighted by Gasteiger charge is 2.54. The van der Waals surface area contributed by atoms with Crippen LogP contribution in [0.25, 0.3) is 0 Å². The summed E-state index contributed by atoms with van der Waals surface area (Å²) in [5.74, 6) is 2.01. The Balaban J connectivity index is 1.96. The van der Waals surface area contributed by atoms with Gasteiger partial charge in [0.15, 0.2) is 5.78 Å². The lowest BCUT2D eigenvalue weighted by Crippen LogP contribution is -2.50. The molecule has 1 spiro atoms. The zero-order valence-corrected chi connectivity index (χ0v) is 7.96. The van der Waals surface area contributed by atoms with Crippen LogP contribution < -0.4 is 0 Å². The molecule has 0 aromatic rings. The molecule has 13 heavy (non-hydrogen) atoms. The molecule has 0 bridgehead atoms. The molecule has 0 amide bonds. The summed E-state index contributed by atoms with van der Waals surface area (Å²) in [6, 6.07) is 0. The molecule has 0 saturated heterocycles. The van der Waals surface area contributed by atoms with Gasteiger partial charge in [0.1, 0.15) is 0 Å². The van der Waals surface area contributed by atoms with E-state index in [0.717, 1.165) is 18.3 Å². The van der Waals surface area contributed by atoms with E-state index in [4.69, 9.17) is 0 Å². The van der Waals surface area contributed by atoms with Gasteiger partial charge in [-0.25, -0.2) is 0 Å². The van der Waals surface area contributed by atoms with Gasteiger partial charge >= 0.3 is 0 Å². The fourth-order valence-corrected chi connectivity index (χ4v) is 3.77. The predicted octanol–water partition coefficient (Wildman–Crippen LogP) is 2.71. The van der Waals surface area contributed by atoms with Gasteiger partial charge in [-0.05, 0) is 49.0 Å². The Morgan fingerprint density at radius 2 is 2.23 bits per heavy atom. The molecule has 0 aliphatic heterocycles. The van der Waals surface area contributed by atoms with Crippen LogP contribution in [-0.2, 0) is 4.79 Å². The van der Waals surface area contributed by atoms with Crippen LogP contribution in [0.2, 0.25) is 0 Å². The first-order valence-electron chi connectivity index (χ1n) is 5.52. The molecule has 2 fully saturated rings. The smallest absolute Gasteiger partial charge is 0.155 e. The average Bonchev–Trinajstić information content (AvgIpc) is 2.10. The van der Waals surface area contributed by atoms with E-state index in [9.17, 15) is 4.79 Å². The number of rotatable bonds is 0. The van der Waals surface area contributed by atoms with Crippen molar-refractivity contribution >= 4 is 5.78 Å². The SMILES string of the molecule is O=C1C=CC2CCCC3CCC23C1. The first-order valence-corrected chi connectivity index (χ1v) is 5.52. The molecule has 2 saturated carbocycles. The number of hydrogen-bond acceptors (Lipinski definition) is 1. The van der Waals surface area contributed by atoms with Crippen LogP contribution in [0.5, 0.6) is 0 Å². The molecular weight excluding hydrogens is 160 g/mol. The van der Waals surface area contributed by atoms with Gasteiger partial charge in [-0.3, -0.25) is 4.79 Å². The lowest BCUT2D eigenvalue weighted by atomic mass is 9.46.